The summed E-state index contributed by atoms with van der Waals surface area (Å²) in [6.45, 7) is 3.82. The fourth-order valence-corrected chi connectivity index (χ4v) is 1.57. The Bertz CT molecular complexity index is 543. The molecule has 0 aliphatic rings. The summed E-state index contributed by atoms with van der Waals surface area (Å²) in [6.07, 6.45) is 3.67. The number of hydrogen-bond acceptors (Lipinski definition) is 2. The number of aromatic nitrogens is 2. The lowest BCUT2D eigenvalue weighted by Crippen LogP contribution is -2.13. The van der Waals surface area contributed by atoms with E-state index >= 15 is 0 Å². The van der Waals surface area contributed by atoms with Crippen molar-refractivity contribution in [3.05, 3.63) is 47.3 Å². The molecule has 0 aliphatic carbocycles. The first kappa shape index (κ1) is 10.4. The number of carbonyl (C=O) groups excluding carboxylic acids is 1. The molecule has 0 fully saturated rings. The van der Waals surface area contributed by atoms with Crippen LogP contribution >= 0.6 is 0 Å². The van der Waals surface area contributed by atoms with E-state index < -0.39 is 5.91 Å². The first-order chi connectivity index (χ1) is 7.58. The molecular formula is C12H13N3O. The molecule has 16 heavy (non-hydrogen) atoms. The van der Waals surface area contributed by atoms with Gasteiger partial charge in [0.25, 0.3) is 0 Å². The van der Waals surface area contributed by atoms with Crippen LogP contribution in [-0.4, -0.2) is 15.7 Å². The second kappa shape index (κ2) is 3.81. The molecule has 4 heteroatoms. The van der Waals surface area contributed by atoms with Crippen LogP contribution < -0.4 is 5.73 Å². The zero-order chi connectivity index (χ0) is 11.7. The number of nitrogens with zero attached hydrogens (tertiary/aromatic N) is 2. The Balaban J connectivity index is 2.51. The highest BCUT2D eigenvalue weighted by atomic mass is 16.1. The van der Waals surface area contributed by atoms with E-state index in [0.717, 1.165) is 16.8 Å². The van der Waals surface area contributed by atoms with Gasteiger partial charge in [-0.2, -0.15) is 5.10 Å². The van der Waals surface area contributed by atoms with Gasteiger partial charge in [-0.1, -0.05) is 6.07 Å². The molecule has 0 bridgehead atoms. The van der Waals surface area contributed by atoms with E-state index in [-0.39, 0.29) is 0 Å². The third kappa shape index (κ3) is 1.82. The van der Waals surface area contributed by atoms with Crippen LogP contribution in [0.5, 0.6) is 0 Å². The van der Waals surface area contributed by atoms with Crippen molar-refractivity contribution in [2.45, 2.75) is 13.8 Å². The molecule has 2 aromatic rings. The van der Waals surface area contributed by atoms with Crippen molar-refractivity contribution in [1.82, 2.24) is 9.78 Å². The lowest BCUT2D eigenvalue weighted by Gasteiger charge is -2.05. The minimum Gasteiger partial charge on any atom is -0.366 e. The van der Waals surface area contributed by atoms with Gasteiger partial charge in [0.1, 0.15) is 0 Å². The Hall–Kier alpha value is -2.10. The van der Waals surface area contributed by atoms with Gasteiger partial charge in [0.05, 0.1) is 11.9 Å². The maximum absolute atomic E-state index is 11.2. The lowest BCUT2D eigenvalue weighted by atomic mass is 10.1. The molecule has 1 heterocycles. The van der Waals surface area contributed by atoms with Crippen molar-refractivity contribution >= 4 is 5.91 Å². The van der Waals surface area contributed by atoms with Crippen LogP contribution in [0.15, 0.2) is 30.6 Å². The maximum Gasteiger partial charge on any atom is 0.249 e. The van der Waals surface area contributed by atoms with Crippen LogP contribution in [0.25, 0.3) is 5.69 Å². The molecule has 82 valence electrons. The van der Waals surface area contributed by atoms with E-state index in [9.17, 15) is 4.79 Å². The number of hydrogen-bond donors (Lipinski definition) is 1. The van der Waals surface area contributed by atoms with Gasteiger partial charge in [-0.3, -0.25) is 4.79 Å². The Morgan fingerprint density at radius 3 is 2.69 bits per heavy atom. The third-order valence-electron chi connectivity index (χ3n) is 2.46. The second-order valence-corrected chi connectivity index (χ2v) is 3.83. The van der Waals surface area contributed by atoms with E-state index in [2.05, 4.69) is 5.10 Å². The summed E-state index contributed by atoms with van der Waals surface area (Å²) in [5, 5.41) is 4.18. The van der Waals surface area contributed by atoms with Gasteiger partial charge >= 0.3 is 0 Å². The molecule has 0 spiro atoms. The van der Waals surface area contributed by atoms with E-state index in [1.807, 2.05) is 32.2 Å². The molecule has 2 N–H and O–H groups in total. The number of rotatable bonds is 2. The van der Waals surface area contributed by atoms with E-state index in [1.165, 1.54) is 0 Å². The summed E-state index contributed by atoms with van der Waals surface area (Å²) < 4.78 is 1.72. The summed E-state index contributed by atoms with van der Waals surface area (Å²) >= 11 is 0. The molecule has 0 saturated carbocycles. The molecule has 0 unspecified atom stereocenters. The first-order valence-corrected chi connectivity index (χ1v) is 5.00. The van der Waals surface area contributed by atoms with Gasteiger partial charge in [0, 0.05) is 11.8 Å². The highest BCUT2D eigenvalue weighted by molar-refractivity contribution is 5.94. The molecule has 1 aromatic heterocycles. The predicted molar refractivity (Wildman–Crippen MR) is 61.6 cm³/mol. The van der Waals surface area contributed by atoms with Crippen molar-refractivity contribution in [3.63, 3.8) is 0 Å². The van der Waals surface area contributed by atoms with Crippen LogP contribution in [0.3, 0.4) is 0 Å². The average molecular weight is 215 g/mol. The van der Waals surface area contributed by atoms with Crippen molar-refractivity contribution < 1.29 is 4.79 Å². The number of aryl methyl sites for hydroxylation is 2. The average Bonchev–Trinajstić information content (AvgIpc) is 2.65. The molecule has 1 aromatic carbocycles. The van der Waals surface area contributed by atoms with Crippen LogP contribution in [0.4, 0.5) is 0 Å². The van der Waals surface area contributed by atoms with Crippen molar-refractivity contribution in [2.24, 2.45) is 5.73 Å². The summed E-state index contributed by atoms with van der Waals surface area (Å²) in [7, 11) is 0. The summed E-state index contributed by atoms with van der Waals surface area (Å²) in [4.78, 5) is 11.2. The molecule has 4 nitrogen and oxygen atoms in total. The Morgan fingerprint density at radius 2 is 2.12 bits per heavy atom. The van der Waals surface area contributed by atoms with Gasteiger partial charge in [0.2, 0.25) is 5.91 Å². The number of primary amides is 1. The monoisotopic (exact) mass is 215 g/mol. The predicted octanol–water partition coefficient (Wildman–Crippen LogP) is 1.59. The Morgan fingerprint density at radius 1 is 1.38 bits per heavy atom. The number of amides is 1. The lowest BCUT2D eigenvalue weighted by molar-refractivity contribution is 0.0999. The van der Waals surface area contributed by atoms with Crippen molar-refractivity contribution in [3.8, 4) is 5.69 Å². The Labute approximate surface area is 93.7 Å². The number of benzene rings is 1. The zero-order valence-corrected chi connectivity index (χ0v) is 9.27. The first-order valence-electron chi connectivity index (χ1n) is 5.00. The quantitative estimate of drug-likeness (QED) is 0.826. The largest absolute Gasteiger partial charge is 0.366 e. The fourth-order valence-electron chi connectivity index (χ4n) is 1.57. The zero-order valence-electron chi connectivity index (χ0n) is 9.27. The van der Waals surface area contributed by atoms with E-state index in [0.29, 0.717) is 5.56 Å². The molecule has 2 rings (SSSR count). The number of carbonyl (C=O) groups is 1. The SMILES string of the molecule is Cc1cnn(-c2ccc(C)c(C(N)=O)c2)c1. The van der Waals surface area contributed by atoms with E-state index in [4.69, 9.17) is 5.73 Å². The highest BCUT2D eigenvalue weighted by Crippen LogP contribution is 2.14. The minimum absolute atomic E-state index is 0.414. The molecule has 0 atom stereocenters. The normalized spacial score (nSPS) is 10.4. The molecular weight excluding hydrogens is 202 g/mol. The maximum atomic E-state index is 11.2. The second-order valence-electron chi connectivity index (χ2n) is 3.83. The summed E-state index contributed by atoms with van der Waals surface area (Å²) in [6, 6.07) is 5.53. The van der Waals surface area contributed by atoms with Gasteiger partial charge in [-0.25, -0.2) is 4.68 Å². The topological polar surface area (TPSA) is 60.9 Å². The van der Waals surface area contributed by atoms with Crippen LogP contribution in [-0.2, 0) is 0 Å². The van der Waals surface area contributed by atoms with Crippen molar-refractivity contribution in [2.75, 3.05) is 0 Å². The van der Waals surface area contributed by atoms with Crippen LogP contribution in [0.2, 0.25) is 0 Å². The van der Waals surface area contributed by atoms with Gasteiger partial charge in [0.15, 0.2) is 0 Å². The fraction of sp³-hybridized carbons (Fsp3) is 0.167. The smallest absolute Gasteiger partial charge is 0.249 e. The molecule has 0 saturated heterocycles. The van der Waals surface area contributed by atoms with Crippen LogP contribution in [0, 0.1) is 13.8 Å². The minimum atomic E-state index is -0.414. The third-order valence-corrected chi connectivity index (χ3v) is 2.46. The molecule has 1 amide bonds. The standard InChI is InChI=1S/C12H13N3O/c1-8-6-14-15(7-8)10-4-3-9(2)11(5-10)12(13)16/h3-7H,1-2H3,(H2,13,16). The number of nitrogens with two attached hydrogens (primary N) is 1. The summed E-state index contributed by atoms with van der Waals surface area (Å²) in [5.74, 6) is -0.414. The van der Waals surface area contributed by atoms with Gasteiger partial charge in [-0.15, -0.1) is 0 Å². The molecule has 0 aliphatic heterocycles. The Kier molecular flexibility index (Phi) is 2.48. The molecule has 0 radical (unpaired) electrons. The van der Waals surface area contributed by atoms with Gasteiger partial charge in [-0.05, 0) is 37.1 Å². The highest BCUT2D eigenvalue weighted by Gasteiger charge is 2.07. The van der Waals surface area contributed by atoms with Gasteiger partial charge < -0.3 is 5.73 Å². The summed E-state index contributed by atoms with van der Waals surface area (Å²) in [5.41, 5.74) is 8.62. The van der Waals surface area contributed by atoms with Crippen molar-refractivity contribution in [1.29, 1.82) is 0 Å². The van der Waals surface area contributed by atoms with E-state index in [1.54, 1.807) is 16.9 Å². The van der Waals surface area contributed by atoms with Crippen LogP contribution in [0.1, 0.15) is 21.5 Å².